The Morgan fingerprint density at radius 3 is 2.29 bits per heavy atom. The van der Waals surface area contributed by atoms with Crippen molar-refractivity contribution < 1.29 is 17.9 Å². The van der Waals surface area contributed by atoms with E-state index >= 15 is 0 Å². The molecule has 2 rings (SSSR count). The molecule has 0 bridgehead atoms. The quantitative estimate of drug-likeness (QED) is 0.855. The van der Waals surface area contributed by atoms with Gasteiger partial charge in [-0.3, -0.25) is 4.57 Å². The van der Waals surface area contributed by atoms with Crippen molar-refractivity contribution in [2.75, 3.05) is 0 Å². The van der Waals surface area contributed by atoms with Gasteiger partial charge in [0.15, 0.2) is 10.8 Å². The monoisotopic (exact) mass is 317 g/mol. The maximum Gasteiger partial charge on any atom is 0.573 e. The second-order valence-electron chi connectivity index (χ2n) is 3.97. The lowest BCUT2D eigenvalue weighted by atomic mass is 10.3. The summed E-state index contributed by atoms with van der Waals surface area (Å²) in [6.45, 7) is 0. The van der Waals surface area contributed by atoms with E-state index in [1.54, 1.807) is 6.07 Å². The Bertz CT molecular complexity index is 769. The number of hydrogen-bond donors (Lipinski definition) is 0. The Kier molecular flexibility index (Phi) is 3.70. The normalized spacial score (nSPS) is 11.2. The number of rotatable bonds is 2. The molecule has 21 heavy (non-hydrogen) atoms. The van der Waals surface area contributed by atoms with Gasteiger partial charge >= 0.3 is 12.1 Å². The lowest BCUT2D eigenvalue weighted by molar-refractivity contribution is -0.274. The van der Waals surface area contributed by atoms with Crippen LogP contribution in [-0.2, 0) is 7.05 Å². The fraction of sp³-hybridized carbons (Fsp3) is 0.167. The number of ether oxygens (including phenoxy) is 1. The van der Waals surface area contributed by atoms with Gasteiger partial charge in [0.2, 0.25) is 0 Å². The predicted octanol–water partition coefficient (Wildman–Crippen LogP) is 2.60. The molecule has 1 aromatic carbocycles. The highest BCUT2D eigenvalue weighted by molar-refractivity contribution is 6.30. The zero-order chi connectivity index (χ0) is 15.8. The smallest absolute Gasteiger partial charge is 0.406 e. The number of halogens is 4. The van der Waals surface area contributed by atoms with Gasteiger partial charge in [0.25, 0.3) is 0 Å². The van der Waals surface area contributed by atoms with Crippen LogP contribution in [-0.4, -0.2) is 15.5 Å². The molecule has 0 saturated carbocycles. The maximum absolute atomic E-state index is 12.1. The zero-order valence-corrected chi connectivity index (χ0v) is 11.2. The minimum absolute atomic E-state index is 0.0442. The van der Waals surface area contributed by atoms with Crippen molar-refractivity contribution in [3.05, 3.63) is 45.6 Å². The second-order valence-corrected chi connectivity index (χ2v) is 4.33. The number of benzene rings is 1. The van der Waals surface area contributed by atoms with Crippen molar-refractivity contribution in [3.8, 4) is 17.5 Å². The molecule has 0 unspecified atom stereocenters. The van der Waals surface area contributed by atoms with E-state index in [1.807, 2.05) is 0 Å². The van der Waals surface area contributed by atoms with Gasteiger partial charge in [-0.1, -0.05) is 11.6 Å². The molecule has 0 aliphatic carbocycles. The van der Waals surface area contributed by atoms with Crippen LogP contribution >= 0.6 is 11.6 Å². The van der Waals surface area contributed by atoms with Gasteiger partial charge in [-0.15, -0.1) is 13.2 Å². The van der Waals surface area contributed by atoms with Gasteiger partial charge in [-0.25, -0.2) is 9.36 Å². The molecule has 0 N–H and O–H groups in total. The van der Waals surface area contributed by atoms with Crippen LogP contribution in [0.15, 0.2) is 29.1 Å². The Balaban J connectivity index is 2.46. The standard InChI is InChI=1S/C12H7ClF3N3O2/c1-18-9(6-17)10(13)19(11(18)20)7-2-4-8(5-3-7)21-12(14,15)16/h2-5H,1H3. The highest BCUT2D eigenvalue weighted by Gasteiger charge is 2.31. The first-order valence-corrected chi connectivity index (χ1v) is 5.86. The Labute approximate surface area is 121 Å². The third-order valence-corrected chi connectivity index (χ3v) is 2.99. The number of aromatic nitrogens is 2. The van der Waals surface area contributed by atoms with Crippen molar-refractivity contribution in [2.45, 2.75) is 6.36 Å². The molecule has 2 aromatic rings. The fourth-order valence-electron chi connectivity index (χ4n) is 1.72. The predicted molar refractivity (Wildman–Crippen MR) is 67.4 cm³/mol. The molecule has 9 heteroatoms. The number of nitriles is 1. The molecule has 0 aliphatic rings. The summed E-state index contributed by atoms with van der Waals surface area (Å²) < 4.78 is 42.0. The van der Waals surface area contributed by atoms with Gasteiger partial charge in [-0.05, 0) is 24.3 Å². The molecule has 0 fully saturated rings. The number of imidazole rings is 1. The largest absolute Gasteiger partial charge is 0.573 e. The molecule has 0 saturated heterocycles. The van der Waals surface area contributed by atoms with Crippen molar-refractivity contribution in [1.82, 2.24) is 9.13 Å². The number of alkyl halides is 3. The van der Waals surface area contributed by atoms with Crippen molar-refractivity contribution in [1.29, 1.82) is 5.26 Å². The minimum Gasteiger partial charge on any atom is -0.406 e. The van der Waals surface area contributed by atoms with Crippen LogP contribution in [0, 0.1) is 11.3 Å². The molecule has 0 aliphatic heterocycles. The van der Waals surface area contributed by atoms with E-state index in [2.05, 4.69) is 4.74 Å². The molecular weight excluding hydrogens is 311 g/mol. The Morgan fingerprint density at radius 1 is 1.29 bits per heavy atom. The summed E-state index contributed by atoms with van der Waals surface area (Å²) in [5, 5.41) is 8.79. The van der Waals surface area contributed by atoms with Gasteiger partial charge < -0.3 is 4.74 Å². The van der Waals surface area contributed by atoms with E-state index in [0.29, 0.717) is 0 Å². The van der Waals surface area contributed by atoms with E-state index in [0.717, 1.165) is 21.3 Å². The first-order chi connectivity index (χ1) is 9.74. The van der Waals surface area contributed by atoms with Crippen molar-refractivity contribution >= 4 is 11.6 Å². The maximum atomic E-state index is 12.1. The van der Waals surface area contributed by atoms with E-state index in [9.17, 15) is 18.0 Å². The molecule has 0 amide bonds. The Hall–Kier alpha value is -2.40. The van der Waals surface area contributed by atoms with Gasteiger partial charge in [-0.2, -0.15) is 5.26 Å². The third kappa shape index (κ3) is 2.87. The van der Waals surface area contributed by atoms with Gasteiger partial charge in [0, 0.05) is 7.05 Å². The summed E-state index contributed by atoms with van der Waals surface area (Å²) in [4.78, 5) is 12.0. The van der Waals surface area contributed by atoms with Gasteiger partial charge in [0.05, 0.1) is 5.69 Å². The molecule has 1 heterocycles. The SMILES string of the molecule is Cn1c(C#N)c(Cl)n(-c2ccc(OC(F)(F)F)cc2)c1=O. The lowest BCUT2D eigenvalue weighted by Gasteiger charge is -2.09. The highest BCUT2D eigenvalue weighted by Crippen LogP contribution is 2.25. The molecule has 0 radical (unpaired) electrons. The molecular formula is C12H7ClF3N3O2. The fourth-order valence-corrected chi connectivity index (χ4v) is 2.05. The highest BCUT2D eigenvalue weighted by atomic mass is 35.5. The van der Waals surface area contributed by atoms with Gasteiger partial charge in [0.1, 0.15) is 11.8 Å². The minimum atomic E-state index is -4.79. The summed E-state index contributed by atoms with van der Waals surface area (Å²) in [7, 11) is 1.37. The van der Waals surface area contributed by atoms with Crippen LogP contribution in [0.5, 0.6) is 5.75 Å². The van der Waals surface area contributed by atoms with Crippen LogP contribution in [0.1, 0.15) is 5.69 Å². The summed E-state index contributed by atoms with van der Waals surface area (Å²) in [5.74, 6) is -0.424. The molecule has 5 nitrogen and oxygen atoms in total. The van der Waals surface area contributed by atoms with Crippen molar-refractivity contribution in [3.63, 3.8) is 0 Å². The summed E-state index contributed by atoms with van der Waals surface area (Å²) in [6, 6.07) is 6.33. The first kappa shape index (κ1) is 15.0. The second kappa shape index (κ2) is 5.18. The van der Waals surface area contributed by atoms with Crippen LogP contribution < -0.4 is 10.4 Å². The van der Waals surface area contributed by atoms with Crippen LogP contribution in [0.25, 0.3) is 5.69 Å². The zero-order valence-electron chi connectivity index (χ0n) is 10.5. The van der Waals surface area contributed by atoms with Crippen LogP contribution in [0.4, 0.5) is 13.2 Å². The topological polar surface area (TPSA) is 59.9 Å². The third-order valence-electron chi connectivity index (χ3n) is 2.64. The van der Waals surface area contributed by atoms with Crippen LogP contribution in [0.2, 0.25) is 5.15 Å². The summed E-state index contributed by atoms with van der Waals surface area (Å²) in [6.07, 6.45) is -4.79. The molecule has 110 valence electrons. The lowest BCUT2D eigenvalue weighted by Crippen LogP contribution is -2.21. The van der Waals surface area contributed by atoms with E-state index in [1.165, 1.54) is 19.2 Å². The molecule has 0 atom stereocenters. The average molecular weight is 318 g/mol. The summed E-state index contributed by atoms with van der Waals surface area (Å²) >= 11 is 5.92. The number of nitrogens with zero attached hydrogens (tertiary/aromatic N) is 3. The van der Waals surface area contributed by atoms with Crippen LogP contribution in [0.3, 0.4) is 0 Å². The van der Waals surface area contributed by atoms with E-state index in [4.69, 9.17) is 16.9 Å². The molecule has 0 spiro atoms. The van der Waals surface area contributed by atoms with E-state index < -0.39 is 17.8 Å². The summed E-state index contributed by atoms with van der Waals surface area (Å²) in [5.41, 5.74) is -0.407. The first-order valence-electron chi connectivity index (χ1n) is 5.48. The van der Waals surface area contributed by atoms with Crippen molar-refractivity contribution in [2.24, 2.45) is 7.05 Å². The van der Waals surface area contributed by atoms with E-state index in [-0.39, 0.29) is 16.5 Å². The average Bonchev–Trinajstić information content (AvgIpc) is 2.60. The molecule has 1 aromatic heterocycles. The Morgan fingerprint density at radius 2 is 1.86 bits per heavy atom. The number of hydrogen-bond acceptors (Lipinski definition) is 3.